The molecule has 1 aromatic carbocycles. The molecule has 0 aliphatic heterocycles. The van der Waals surface area contributed by atoms with Gasteiger partial charge in [-0.1, -0.05) is 0 Å². The van der Waals surface area contributed by atoms with Gasteiger partial charge in [0.25, 0.3) is 0 Å². The van der Waals surface area contributed by atoms with E-state index in [9.17, 15) is 10.2 Å². The van der Waals surface area contributed by atoms with Crippen LogP contribution in [-0.2, 0) is 0 Å². The summed E-state index contributed by atoms with van der Waals surface area (Å²) in [4.78, 5) is -0.0441. The van der Waals surface area contributed by atoms with E-state index >= 15 is 0 Å². The maximum absolute atomic E-state index is 9.79. The second-order valence-corrected chi connectivity index (χ2v) is 6.43. The van der Waals surface area contributed by atoms with Crippen LogP contribution in [0.4, 0.5) is 0 Å². The first-order valence-electron chi connectivity index (χ1n) is 4.59. The van der Waals surface area contributed by atoms with E-state index in [1.54, 1.807) is 13.8 Å². The molecule has 1 rings (SSSR count). The van der Waals surface area contributed by atoms with Gasteiger partial charge >= 0.3 is 90.8 Å². The van der Waals surface area contributed by atoms with Crippen LogP contribution in [0.3, 0.4) is 0 Å². The van der Waals surface area contributed by atoms with Crippen molar-refractivity contribution < 1.29 is 10.2 Å². The van der Waals surface area contributed by atoms with Crippen LogP contribution in [-0.4, -0.2) is 37.4 Å². The van der Waals surface area contributed by atoms with Gasteiger partial charge in [-0.05, 0) is 0 Å². The summed E-state index contributed by atoms with van der Waals surface area (Å²) in [5.74, 6) is 0. The fourth-order valence-electron chi connectivity index (χ4n) is 1.07. The molecule has 0 heterocycles. The van der Waals surface area contributed by atoms with Crippen molar-refractivity contribution in [3.05, 3.63) is 30.3 Å². The van der Waals surface area contributed by atoms with Crippen LogP contribution < -0.4 is 4.46 Å². The minimum absolute atomic E-state index is 0.0401. The zero-order chi connectivity index (χ0) is 10.6. The van der Waals surface area contributed by atoms with Gasteiger partial charge in [-0.25, -0.2) is 0 Å². The summed E-state index contributed by atoms with van der Waals surface area (Å²) < 4.78 is 1.21. The molecule has 0 aromatic heterocycles. The quantitative estimate of drug-likeness (QED) is 0.776. The number of aliphatic hydroxyl groups excluding tert-OH is 1. The summed E-state index contributed by atoms with van der Waals surface area (Å²) in [6, 6.07) is 10.0. The molecular formula is C11H16O2Se. The zero-order valence-electron chi connectivity index (χ0n) is 8.47. The Kier molecular flexibility index (Phi) is 4.14. The first-order chi connectivity index (χ1) is 6.54. The molecule has 2 nitrogen and oxygen atoms in total. The van der Waals surface area contributed by atoms with Gasteiger partial charge in [0.1, 0.15) is 0 Å². The molecule has 1 unspecified atom stereocenters. The van der Waals surface area contributed by atoms with Gasteiger partial charge in [0.15, 0.2) is 0 Å². The van der Waals surface area contributed by atoms with Crippen LogP contribution in [0.5, 0.6) is 0 Å². The number of hydrogen-bond donors (Lipinski definition) is 2. The summed E-state index contributed by atoms with van der Waals surface area (Å²) in [6.07, 6.45) is 0. The van der Waals surface area contributed by atoms with Crippen LogP contribution in [0.15, 0.2) is 30.3 Å². The Hall–Kier alpha value is -0.341. The Morgan fingerprint density at radius 1 is 1.29 bits per heavy atom. The van der Waals surface area contributed by atoms with Crippen molar-refractivity contribution in [2.24, 2.45) is 0 Å². The van der Waals surface area contributed by atoms with E-state index in [-0.39, 0.29) is 26.4 Å². The molecular weight excluding hydrogens is 243 g/mol. The molecule has 0 saturated carbocycles. The molecule has 78 valence electrons. The molecule has 0 bridgehead atoms. The summed E-state index contributed by atoms with van der Waals surface area (Å²) in [6.45, 7) is 3.54. The van der Waals surface area contributed by atoms with Crippen molar-refractivity contribution in [1.82, 2.24) is 0 Å². The SMILES string of the molecule is CC(C)(O)C(CO)[Se]c1ccccc1. The molecule has 3 heteroatoms. The first kappa shape index (κ1) is 11.7. The normalized spacial score (nSPS) is 14.0. The van der Waals surface area contributed by atoms with Gasteiger partial charge in [-0.2, -0.15) is 0 Å². The standard InChI is InChI=1S/C11H16O2Se/c1-11(2,13)10(8-12)14-9-6-4-3-5-7-9/h3-7,10,12-13H,8H2,1-2H3. The molecule has 0 aliphatic rings. The van der Waals surface area contributed by atoms with Crippen molar-refractivity contribution in [1.29, 1.82) is 0 Å². The van der Waals surface area contributed by atoms with Gasteiger partial charge < -0.3 is 0 Å². The molecule has 0 amide bonds. The van der Waals surface area contributed by atoms with Crippen molar-refractivity contribution in [3.8, 4) is 0 Å². The second kappa shape index (κ2) is 4.94. The third kappa shape index (κ3) is 3.43. The van der Waals surface area contributed by atoms with Crippen molar-refractivity contribution in [2.45, 2.75) is 24.3 Å². The van der Waals surface area contributed by atoms with E-state index in [4.69, 9.17) is 0 Å². The number of hydrogen-bond acceptors (Lipinski definition) is 2. The monoisotopic (exact) mass is 260 g/mol. The molecule has 14 heavy (non-hydrogen) atoms. The van der Waals surface area contributed by atoms with E-state index in [1.165, 1.54) is 4.46 Å². The van der Waals surface area contributed by atoms with E-state index in [0.717, 1.165) is 0 Å². The van der Waals surface area contributed by atoms with Crippen LogP contribution in [0.1, 0.15) is 13.8 Å². The van der Waals surface area contributed by atoms with Gasteiger partial charge in [-0.15, -0.1) is 0 Å². The van der Waals surface area contributed by atoms with Crippen LogP contribution in [0.25, 0.3) is 0 Å². The third-order valence-corrected chi connectivity index (χ3v) is 5.24. The maximum atomic E-state index is 9.79. The van der Waals surface area contributed by atoms with E-state index in [1.807, 2.05) is 30.3 Å². The van der Waals surface area contributed by atoms with Crippen molar-refractivity contribution >= 4 is 19.4 Å². The predicted octanol–water partition coefficient (Wildman–Crippen LogP) is 0.568. The molecule has 0 fully saturated rings. The van der Waals surface area contributed by atoms with Gasteiger partial charge in [-0.3, -0.25) is 0 Å². The third-order valence-electron chi connectivity index (χ3n) is 1.98. The minimum atomic E-state index is -0.801. The average Bonchev–Trinajstić information content (AvgIpc) is 2.14. The molecule has 1 aromatic rings. The topological polar surface area (TPSA) is 40.5 Å². The Labute approximate surface area is 91.1 Å². The van der Waals surface area contributed by atoms with Gasteiger partial charge in [0.05, 0.1) is 0 Å². The Bertz CT molecular complexity index is 266. The zero-order valence-corrected chi connectivity index (χ0v) is 10.2. The number of aliphatic hydroxyl groups is 2. The van der Waals surface area contributed by atoms with Crippen LogP contribution >= 0.6 is 0 Å². The van der Waals surface area contributed by atoms with E-state index in [2.05, 4.69) is 0 Å². The molecule has 2 N–H and O–H groups in total. The molecule has 0 aliphatic carbocycles. The fraction of sp³-hybridized carbons (Fsp3) is 0.455. The molecule has 0 saturated heterocycles. The Balaban J connectivity index is 2.67. The Morgan fingerprint density at radius 2 is 1.86 bits per heavy atom. The summed E-state index contributed by atoms with van der Waals surface area (Å²) >= 11 is 0.119. The number of benzene rings is 1. The Morgan fingerprint density at radius 3 is 2.29 bits per heavy atom. The second-order valence-electron chi connectivity index (χ2n) is 3.76. The summed E-state index contributed by atoms with van der Waals surface area (Å²) in [7, 11) is 0. The molecule has 1 atom stereocenters. The summed E-state index contributed by atoms with van der Waals surface area (Å²) in [5, 5.41) is 19.0. The van der Waals surface area contributed by atoms with E-state index < -0.39 is 5.60 Å². The van der Waals surface area contributed by atoms with Crippen LogP contribution in [0, 0.1) is 0 Å². The summed E-state index contributed by atoms with van der Waals surface area (Å²) in [5.41, 5.74) is -0.801. The predicted molar refractivity (Wildman–Crippen MR) is 59.0 cm³/mol. The molecule has 0 spiro atoms. The van der Waals surface area contributed by atoms with Crippen molar-refractivity contribution in [2.75, 3.05) is 6.61 Å². The van der Waals surface area contributed by atoms with Gasteiger partial charge in [0, 0.05) is 0 Å². The number of rotatable bonds is 4. The van der Waals surface area contributed by atoms with Crippen LogP contribution in [0.2, 0.25) is 4.82 Å². The fourth-order valence-corrected chi connectivity index (χ4v) is 3.18. The van der Waals surface area contributed by atoms with E-state index in [0.29, 0.717) is 0 Å². The van der Waals surface area contributed by atoms with Crippen molar-refractivity contribution in [3.63, 3.8) is 0 Å². The average molecular weight is 259 g/mol. The first-order valence-corrected chi connectivity index (χ1v) is 6.43. The molecule has 0 radical (unpaired) electrons. The van der Waals surface area contributed by atoms with Gasteiger partial charge in [0.2, 0.25) is 0 Å².